The molecule has 0 aromatic heterocycles. The molecule has 0 heterocycles. The zero-order chi connectivity index (χ0) is 8.10. The quantitative estimate of drug-likeness (QED) is 0.664. The third-order valence-corrected chi connectivity index (χ3v) is 1.44. The predicted octanol–water partition coefficient (Wildman–Crippen LogP) is 1.61. The van der Waals surface area contributed by atoms with Crippen molar-refractivity contribution >= 4 is 5.69 Å². The van der Waals surface area contributed by atoms with Gasteiger partial charge in [-0.15, -0.1) is 0 Å². The van der Waals surface area contributed by atoms with Crippen molar-refractivity contribution in [2.75, 3.05) is 12.3 Å². The fraction of sp³-hybridized carbons (Fsp3) is 0.333. The van der Waals surface area contributed by atoms with Gasteiger partial charge in [0, 0.05) is 23.9 Å². The summed E-state index contributed by atoms with van der Waals surface area (Å²) in [5.41, 5.74) is 7.32. The highest BCUT2D eigenvalue weighted by Gasteiger charge is 1.95. The van der Waals surface area contributed by atoms with Crippen LogP contribution >= 0.6 is 0 Å². The van der Waals surface area contributed by atoms with Gasteiger partial charge in [-0.1, -0.05) is 18.2 Å². The number of para-hydroxylation sites is 1. The Kier molecular flexibility index (Phi) is 2.93. The van der Waals surface area contributed by atoms with Crippen molar-refractivity contribution in [2.24, 2.45) is 0 Å². The second kappa shape index (κ2) is 3.98. The lowest BCUT2D eigenvalue weighted by atomic mass is 10.2. The largest absolute Gasteiger partial charge is 0.398 e. The summed E-state index contributed by atoms with van der Waals surface area (Å²) >= 11 is 0. The van der Waals surface area contributed by atoms with Gasteiger partial charge in [0.2, 0.25) is 0 Å². The summed E-state index contributed by atoms with van der Waals surface area (Å²) in [4.78, 5) is 0. The first-order chi connectivity index (χ1) is 5.34. The highest BCUT2D eigenvalue weighted by molar-refractivity contribution is 5.44. The Bertz CT molecular complexity index is 223. The van der Waals surface area contributed by atoms with Gasteiger partial charge in [0.15, 0.2) is 0 Å². The van der Waals surface area contributed by atoms with Crippen molar-refractivity contribution < 1.29 is 4.74 Å². The molecule has 0 atom stereocenters. The van der Waals surface area contributed by atoms with E-state index >= 15 is 0 Å². The molecule has 0 saturated carbocycles. The van der Waals surface area contributed by atoms with Crippen LogP contribution in [-0.4, -0.2) is 6.61 Å². The average Bonchev–Trinajstić information content (AvgIpc) is 2.03. The molecular formula is C9H12NO. The van der Waals surface area contributed by atoms with E-state index in [-0.39, 0.29) is 0 Å². The van der Waals surface area contributed by atoms with Crippen LogP contribution in [0.5, 0.6) is 0 Å². The molecule has 0 bridgehead atoms. The molecular weight excluding hydrogens is 138 g/mol. The lowest BCUT2D eigenvalue weighted by molar-refractivity contribution is 0.134. The molecule has 0 unspecified atom stereocenters. The Morgan fingerprint density at radius 2 is 2.45 bits per heavy atom. The van der Waals surface area contributed by atoms with Crippen molar-refractivity contribution in [1.82, 2.24) is 0 Å². The van der Waals surface area contributed by atoms with Crippen LogP contribution in [0.25, 0.3) is 0 Å². The van der Waals surface area contributed by atoms with Gasteiger partial charge in [-0.2, -0.15) is 0 Å². The van der Waals surface area contributed by atoms with E-state index in [0.717, 1.165) is 5.56 Å². The number of hydrogen-bond acceptors (Lipinski definition) is 2. The predicted molar refractivity (Wildman–Crippen MR) is 45.0 cm³/mol. The van der Waals surface area contributed by atoms with E-state index in [9.17, 15) is 0 Å². The lowest BCUT2D eigenvalue weighted by Gasteiger charge is -2.03. The minimum atomic E-state index is 0.583. The number of anilines is 1. The molecule has 2 nitrogen and oxygen atoms in total. The number of nitrogens with two attached hydrogens (primary N) is 1. The van der Waals surface area contributed by atoms with E-state index in [1.807, 2.05) is 19.1 Å². The van der Waals surface area contributed by atoms with Gasteiger partial charge in [-0.3, -0.25) is 0 Å². The molecule has 59 valence electrons. The number of rotatable bonds is 3. The van der Waals surface area contributed by atoms with Crippen LogP contribution in [-0.2, 0) is 11.3 Å². The molecule has 0 fully saturated rings. The molecule has 1 rings (SSSR count). The summed E-state index contributed by atoms with van der Waals surface area (Å²) in [7, 11) is 0. The number of ether oxygens (including phenoxy) is 1. The van der Waals surface area contributed by atoms with Crippen LogP contribution in [0.2, 0.25) is 0 Å². The van der Waals surface area contributed by atoms with Gasteiger partial charge in [-0.25, -0.2) is 0 Å². The van der Waals surface area contributed by atoms with Gasteiger partial charge in [0.25, 0.3) is 0 Å². The summed E-state index contributed by atoms with van der Waals surface area (Å²) in [5.74, 6) is 0. The average molecular weight is 150 g/mol. The van der Waals surface area contributed by atoms with Gasteiger partial charge in [0.05, 0.1) is 6.61 Å². The molecule has 0 aliphatic heterocycles. The zero-order valence-electron chi connectivity index (χ0n) is 6.63. The maximum atomic E-state index is 5.63. The maximum absolute atomic E-state index is 5.63. The molecule has 2 N–H and O–H groups in total. The van der Waals surface area contributed by atoms with Gasteiger partial charge < -0.3 is 10.5 Å². The van der Waals surface area contributed by atoms with Crippen molar-refractivity contribution in [3.05, 3.63) is 29.8 Å². The van der Waals surface area contributed by atoms with Crippen molar-refractivity contribution in [3.8, 4) is 0 Å². The summed E-state index contributed by atoms with van der Waals surface area (Å²) < 4.78 is 5.20. The van der Waals surface area contributed by atoms with E-state index in [4.69, 9.17) is 10.5 Å². The van der Waals surface area contributed by atoms with Crippen LogP contribution in [0.4, 0.5) is 5.69 Å². The van der Waals surface area contributed by atoms with Crippen molar-refractivity contribution in [1.29, 1.82) is 0 Å². The summed E-state index contributed by atoms with van der Waals surface area (Å²) in [6, 6.07) is 8.56. The molecule has 1 aromatic rings. The third kappa shape index (κ3) is 2.24. The standard InChI is InChI=1S/C9H12NO/c1-2-11-7-8-5-3-4-6-9(8)10/h3-5H,2,7,10H2,1H3. The molecule has 1 aromatic carbocycles. The smallest absolute Gasteiger partial charge is 0.0736 e. The Labute approximate surface area is 67.0 Å². The van der Waals surface area contributed by atoms with Gasteiger partial charge in [-0.05, 0) is 6.92 Å². The number of nitrogen functional groups attached to an aromatic ring is 1. The minimum absolute atomic E-state index is 0.583. The summed E-state index contributed by atoms with van der Waals surface area (Å²) in [6.07, 6.45) is 0. The van der Waals surface area contributed by atoms with Gasteiger partial charge in [0.1, 0.15) is 0 Å². The van der Waals surface area contributed by atoms with E-state index in [1.165, 1.54) is 0 Å². The van der Waals surface area contributed by atoms with Crippen LogP contribution in [0, 0.1) is 6.07 Å². The highest BCUT2D eigenvalue weighted by Crippen LogP contribution is 2.10. The molecule has 0 aliphatic rings. The normalized spacial score (nSPS) is 9.91. The Morgan fingerprint density at radius 1 is 1.64 bits per heavy atom. The maximum Gasteiger partial charge on any atom is 0.0736 e. The summed E-state index contributed by atoms with van der Waals surface area (Å²) in [5, 5.41) is 0. The number of hydrogen-bond donors (Lipinski definition) is 1. The fourth-order valence-corrected chi connectivity index (χ4v) is 0.823. The fourth-order valence-electron chi connectivity index (χ4n) is 0.823. The van der Waals surface area contributed by atoms with E-state index in [0.29, 0.717) is 18.9 Å². The highest BCUT2D eigenvalue weighted by atomic mass is 16.5. The molecule has 2 heteroatoms. The van der Waals surface area contributed by atoms with Crippen LogP contribution in [0.3, 0.4) is 0 Å². The monoisotopic (exact) mass is 150 g/mol. The van der Waals surface area contributed by atoms with Crippen LogP contribution < -0.4 is 5.73 Å². The lowest BCUT2D eigenvalue weighted by Crippen LogP contribution is -1.97. The van der Waals surface area contributed by atoms with Crippen molar-refractivity contribution in [2.45, 2.75) is 13.5 Å². The van der Waals surface area contributed by atoms with E-state index < -0.39 is 0 Å². The second-order valence-electron chi connectivity index (χ2n) is 2.25. The van der Waals surface area contributed by atoms with Crippen LogP contribution in [0.1, 0.15) is 12.5 Å². The molecule has 11 heavy (non-hydrogen) atoms. The Balaban J connectivity index is 2.62. The topological polar surface area (TPSA) is 35.2 Å². The first kappa shape index (κ1) is 8.08. The SMILES string of the molecule is CCOCc1ccc[c]c1N. The van der Waals surface area contributed by atoms with Crippen LogP contribution in [0.15, 0.2) is 18.2 Å². The first-order valence-electron chi connectivity index (χ1n) is 3.67. The summed E-state index contributed by atoms with van der Waals surface area (Å²) in [6.45, 7) is 3.26. The van der Waals surface area contributed by atoms with E-state index in [1.54, 1.807) is 6.07 Å². The Hall–Kier alpha value is -1.02. The second-order valence-corrected chi connectivity index (χ2v) is 2.25. The molecule has 0 saturated heterocycles. The Morgan fingerprint density at radius 3 is 3.09 bits per heavy atom. The molecule has 0 aliphatic carbocycles. The molecule has 0 amide bonds. The van der Waals surface area contributed by atoms with E-state index in [2.05, 4.69) is 6.07 Å². The molecule has 0 spiro atoms. The van der Waals surface area contributed by atoms with Gasteiger partial charge >= 0.3 is 0 Å². The minimum Gasteiger partial charge on any atom is -0.398 e. The first-order valence-corrected chi connectivity index (χ1v) is 3.67. The van der Waals surface area contributed by atoms with Crippen molar-refractivity contribution in [3.63, 3.8) is 0 Å². The zero-order valence-corrected chi connectivity index (χ0v) is 6.63. The number of benzene rings is 1. The molecule has 1 radical (unpaired) electrons. The third-order valence-electron chi connectivity index (χ3n) is 1.44.